The summed E-state index contributed by atoms with van der Waals surface area (Å²) >= 11 is 5.59. The molecule has 1 amide bonds. The van der Waals surface area contributed by atoms with Gasteiger partial charge in [-0.25, -0.2) is 0 Å². The molecule has 126 valence electrons. The first-order valence-corrected chi connectivity index (χ1v) is 7.05. The average Bonchev–Trinajstić information content (AvgIpc) is 2.54. The SMILES string of the molecule is C=CCNc1ccc(C(=O)Nc2ccc(Cl)cc2C(F)(F)F)nn1. The molecule has 24 heavy (non-hydrogen) atoms. The molecule has 0 saturated heterocycles. The summed E-state index contributed by atoms with van der Waals surface area (Å²) in [4.78, 5) is 12.1. The molecule has 2 N–H and O–H groups in total. The molecule has 0 spiro atoms. The normalized spacial score (nSPS) is 11.0. The van der Waals surface area contributed by atoms with E-state index in [4.69, 9.17) is 11.6 Å². The highest BCUT2D eigenvalue weighted by Gasteiger charge is 2.34. The van der Waals surface area contributed by atoms with E-state index in [0.29, 0.717) is 12.4 Å². The molecule has 2 rings (SSSR count). The molecule has 0 unspecified atom stereocenters. The van der Waals surface area contributed by atoms with Crippen LogP contribution in [-0.2, 0) is 6.18 Å². The van der Waals surface area contributed by atoms with Crippen molar-refractivity contribution in [3.05, 3.63) is 59.3 Å². The minimum absolute atomic E-state index is 0.0854. The Morgan fingerprint density at radius 1 is 1.25 bits per heavy atom. The van der Waals surface area contributed by atoms with E-state index in [0.717, 1.165) is 12.1 Å². The highest BCUT2D eigenvalue weighted by molar-refractivity contribution is 6.30. The van der Waals surface area contributed by atoms with Crippen LogP contribution in [0.15, 0.2) is 43.0 Å². The predicted octanol–water partition coefficient (Wildman–Crippen LogP) is 4.00. The van der Waals surface area contributed by atoms with Crippen molar-refractivity contribution < 1.29 is 18.0 Å². The van der Waals surface area contributed by atoms with Crippen LogP contribution >= 0.6 is 11.6 Å². The third kappa shape index (κ3) is 4.45. The van der Waals surface area contributed by atoms with Gasteiger partial charge in [-0.05, 0) is 30.3 Å². The highest BCUT2D eigenvalue weighted by Crippen LogP contribution is 2.36. The van der Waals surface area contributed by atoms with Gasteiger partial charge in [0, 0.05) is 11.6 Å². The van der Waals surface area contributed by atoms with Crippen LogP contribution in [0.5, 0.6) is 0 Å². The Balaban J connectivity index is 2.19. The Morgan fingerprint density at radius 3 is 2.58 bits per heavy atom. The van der Waals surface area contributed by atoms with Crippen molar-refractivity contribution in [2.75, 3.05) is 17.2 Å². The number of carbonyl (C=O) groups excluding carboxylic acids is 1. The Kier molecular flexibility index (Phi) is 5.40. The van der Waals surface area contributed by atoms with E-state index in [2.05, 4.69) is 27.4 Å². The molecule has 0 radical (unpaired) electrons. The van der Waals surface area contributed by atoms with Gasteiger partial charge in [0.15, 0.2) is 5.69 Å². The summed E-state index contributed by atoms with van der Waals surface area (Å²) in [5, 5.41) is 12.4. The van der Waals surface area contributed by atoms with Crippen LogP contribution in [-0.4, -0.2) is 22.6 Å². The second-order valence-corrected chi connectivity index (χ2v) is 5.05. The molecule has 0 saturated carbocycles. The first kappa shape index (κ1) is 17.7. The lowest BCUT2D eigenvalue weighted by Crippen LogP contribution is -2.18. The number of nitrogens with zero attached hydrogens (tertiary/aromatic N) is 2. The van der Waals surface area contributed by atoms with Gasteiger partial charge in [-0.2, -0.15) is 13.2 Å². The number of anilines is 2. The van der Waals surface area contributed by atoms with E-state index in [1.165, 1.54) is 18.2 Å². The van der Waals surface area contributed by atoms with Gasteiger partial charge in [0.05, 0.1) is 11.3 Å². The van der Waals surface area contributed by atoms with E-state index in [9.17, 15) is 18.0 Å². The lowest BCUT2D eigenvalue weighted by Gasteiger charge is -2.14. The van der Waals surface area contributed by atoms with Crippen LogP contribution < -0.4 is 10.6 Å². The Labute approximate surface area is 140 Å². The maximum Gasteiger partial charge on any atom is 0.418 e. The lowest BCUT2D eigenvalue weighted by atomic mass is 10.1. The number of halogens is 4. The molecule has 1 aromatic carbocycles. The van der Waals surface area contributed by atoms with Crippen LogP contribution in [0.4, 0.5) is 24.7 Å². The van der Waals surface area contributed by atoms with Crippen molar-refractivity contribution in [3.63, 3.8) is 0 Å². The second kappa shape index (κ2) is 7.31. The summed E-state index contributed by atoms with van der Waals surface area (Å²) in [5.41, 5.74) is -1.57. The van der Waals surface area contributed by atoms with Crippen molar-refractivity contribution in [2.24, 2.45) is 0 Å². The Hall–Kier alpha value is -2.61. The van der Waals surface area contributed by atoms with Gasteiger partial charge in [0.25, 0.3) is 5.91 Å². The molecule has 0 atom stereocenters. The van der Waals surface area contributed by atoms with Crippen molar-refractivity contribution in [2.45, 2.75) is 6.18 Å². The van der Waals surface area contributed by atoms with Crippen molar-refractivity contribution in [1.29, 1.82) is 0 Å². The zero-order valence-corrected chi connectivity index (χ0v) is 12.9. The van der Waals surface area contributed by atoms with E-state index in [1.54, 1.807) is 6.08 Å². The average molecular weight is 357 g/mol. The first-order valence-electron chi connectivity index (χ1n) is 6.68. The van der Waals surface area contributed by atoms with Crippen molar-refractivity contribution in [1.82, 2.24) is 10.2 Å². The van der Waals surface area contributed by atoms with Crippen LogP contribution in [0.25, 0.3) is 0 Å². The number of amides is 1. The molecule has 0 aliphatic heterocycles. The molecule has 1 heterocycles. The Bertz CT molecular complexity index is 747. The maximum absolute atomic E-state index is 13.0. The zero-order chi connectivity index (χ0) is 17.7. The molecule has 5 nitrogen and oxygen atoms in total. The number of carbonyl (C=O) groups is 1. The number of aromatic nitrogens is 2. The fourth-order valence-electron chi connectivity index (χ4n) is 1.77. The minimum atomic E-state index is -4.66. The van der Waals surface area contributed by atoms with Crippen LogP contribution in [0.2, 0.25) is 5.02 Å². The molecule has 0 fully saturated rings. The monoisotopic (exact) mass is 356 g/mol. The molecule has 2 aromatic rings. The molecule has 0 aliphatic rings. The molecular formula is C15H12ClF3N4O. The number of rotatable bonds is 5. The van der Waals surface area contributed by atoms with Gasteiger partial charge in [0.2, 0.25) is 0 Å². The third-order valence-corrected chi connectivity index (χ3v) is 3.10. The molecule has 1 aromatic heterocycles. The van der Waals surface area contributed by atoms with Gasteiger partial charge < -0.3 is 10.6 Å². The van der Waals surface area contributed by atoms with Crippen molar-refractivity contribution in [3.8, 4) is 0 Å². The third-order valence-electron chi connectivity index (χ3n) is 2.86. The first-order chi connectivity index (χ1) is 11.3. The predicted molar refractivity (Wildman–Crippen MR) is 85.1 cm³/mol. The summed E-state index contributed by atoms with van der Waals surface area (Å²) in [6.45, 7) is 3.98. The summed E-state index contributed by atoms with van der Waals surface area (Å²) in [7, 11) is 0. The summed E-state index contributed by atoms with van der Waals surface area (Å²) in [6, 6.07) is 5.90. The Morgan fingerprint density at radius 2 is 2.00 bits per heavy atom. The molecule has 0 aliphatic carbocycles. The maximum atomic E-state index is 13.0. The standard InChI is InChI=1S/C15H12ClF3N4O/c1-2-7-20-13-6-5-12(22-23-13)14(24)21-11-4-3-9(16)8-10(11)15(17,18)19/h2-6,8H,1,7H2,(H,20,23)(H,21,24). The minimum Gasteiger partial charge on any atom is -0.365 e. The second-order valence-electron chi connectivity index (χ2n) is 4.62. The number of benzene rings is 1. The molecule has 0 bridgehead atoms. The molecular weight excluding hydrogens is 345 g/mol. The number of alkyl halides is 3. The van der Waals surface area contributed by atoms with E-state index in [1.807, 2.05) is 0 Å². The summed E-state index contributed by atoms with van der Waals surface area (Å²) in [6.07, 6.45) is -3.04. The topological polar surface area (TPSA) is 66.9 Å². The van der Waals surface area contributed by atoms with Gasteiger partial charge in [-0.15, -0.1) is 16.8 Å². The smallest absolute Gasteiger partial charge is 0.365 e. The van der Waals surface area contributed by atoms with Crippen LogP contribution in [0.3, 0.4) is 0 Å². The van der Waals surface area contributed by atoms with Gasteiger partial charge >= 0.3 is 6.18 Å². The van der Waals surface area contributed by atoms with Gasteiger partial charge in [-0.3, -0.25) is 4.79 Å². The van der Waals surface area contributed by atoms with Crippen LogP contribution in [0, 0.1) is 0 Å². The summed E-state index contributed by atoms with van der Waals surface area (Å²) in [5.74, 6) is -0.403. The highest BCUT2D eigenvalue weighted by atomic mass is 35.5. The van der Waals surface area contributed by atoms with Gasteiger partial charge in [0.1, 0.15) is 5.82 Å². The fraction of sp³-hybridized carbons (Fsp3) is 0.133. The van der Waals surface area contributed by atoms with Crippen LogP contribution in [0.1, 0.15) is 16.1 Å². The van der Waals surface area contributed by atoms with Gasteiger partial charge in [-0.1, -0.05) is 17.7 Å². The number of nitrogens with one attached hydrogen (secondary N) is 2. The fourth-order valence-corrected chi connectivity index (χ4v) is 1.94. The quantitative estimate of drug-likeness (QED) is 0.795. The van der Waals surface area contributed by atoms with E-state index >= 15 is 0 Å². The number of hydrogen-bond donors (Lipinski definition) is 2. The number of hydrogen-bond acceptors (Lipinski definition) is 4. The van der Waals surface area contributed by atoms with E-state index in [-0.39, 0.29) is 10.7 Å². The summed E-state index contributed by atoms with van der Waals surface area (Å²) < 4.78 is 39.0. The largest absolute Gasteiger partial charge is 0.418 e. The molecule has 9 heteroatoms. The van der Waals surface area contributed by atoms with E-state index < -0.39 is 23.3 Å². The zero-order valence-electron chi connectivity index (χ0n) is 12.2. The lowest BCUT2D eigenvalue weighted by molar-refractivity contribution is -0.136. The van der Waals surface area contributed by atoms with Crippen molar-refractivity contribution >= 4 is 29.0 Å².